The Balaban J connectivity index is 2.13. The average molecular weight is 272 g/mol. The molecule has 3 nitrogen and oxygen atoms in total. The largest absolute Gasteiger partial charge is 0.385 e. The predicted octanol–water partition coefficient (Wildman–Crippen LogP) is 2.87. The van der Waals surface area contributed by atoms with E-state index in [1.807, 2.05) is 24.3 Å². The molecule has 0 aliphatic rings. The van der Waals surface area contributed by atoms with Gasteiger partial charge in [0.2, 0.25) is 0 Å². The summed E-state index contributed by atoms with van der Waals surface area (Å²) in [5.74, 6) is 0. The van der Waals surface area contributed by atoms with E-state index < -0.39 is 0 Å². The molecule has 1 atom stereocenters. The molecule has 0 heterocycles. The van der Waals surface area contributed by atoms with Gasteiger partial charge in [0.1, 0.15) is 0 Å². The smallest absolute Gasteiger partial charge is 0.0735 e. The Morgan fingerprint density at radius 2 is 2.11 bits per heavy atom. The van der Waals surface area contributed by atoms with E-state index in [9.17, 15) is 0 Å². The van der Waals surface area contributed by atoms with Crippen molar-refractivity contribution in [2.45, 2.75) is 26.1 Å². The van der Waals surface area contributed by atoms with E-state index in [-0.39, 0.29) is 6.10 Å². The molecule has 0 radical (unpaired) electrons. The Morgan fingerprint density at radius 3 is 2.83 bits per heavy atom. The van der Waals surface area contributed by atoms with Gasteiger partial charge in [-0.05, 0) is 31.5 Å². The van der Waals surface area contributed by atoms with Gasteiger partial charge in [0.25, 0.3) is 0 Å². The summed E-state index contributed by atoms with van der Waals surface area (Å²) < 4.78 is 10.7. The number of hydrogen-bond donors (Lipinski definition) is 1. The average Bonchev–Trinajstić information content (AvgIpc) is 2.37. The fourth-order valence-corrected chi connectivity index (χ4v) is 1.74. The molecule has 1 aromatic carbocycles. The van der Waals surface area contributed by atoms with Gasteiger partial charge in [0.15, 0.2) is 0 Å². The fraction of sp³-hybridized carbons (Fsp3) is 0.571. The van der Waals surface area contributed by atoms with Crippen molar-refractivity contribution in [2.24, 2.45) is 0 Å². The highest BCUT2D eigenvalue weighted by Crippen LogP contribution is 2.16. The van der Waals surface area contributed by atoms with Gasteiger partial charge in [0.05, 0.1) is 12.7 Å². The summed E-state index contributed by atoms with van der Waals surface area (Å²) in [4.78, 5) is 0. The lowest BCUT2D eigenvalue weighted by Gasteiger charge is -2.14. The summed E-state index contributed by atoms with van der Waals surface area (Å²) in [5.41, 5.74) is 1.03. The normalized spacial score (nSPS) is 12.6. The van der Waals surface area contributed by atoms with Gasteiger partial charge in [-0.25, -0.2) is 0 Å². The zero-order chi connectivity index (χ0) is 13.2. The van der Waals surface area contributed by atoms with Crippen LogP contribution in [0.25, 0.3) is 0 Å². The van der Waals surface area contributed by atoms with Crippen molar-refractivity contribution in [3.8, 4) is 0 Å². The van der Waals surface area contributed by atoms with E-state index >= 15 is 0 Å². The molecule has 0 aromatic heterocycles. The highest BCUT2D eigenvalue weighted by molar-refractivity contribution is 6.31. The number of benzene rings is 1. The fourth-order valence-electron chi connectivity index (χ4n) is 1.55. The molecule has 18 heavy (non-hydrogen) atoms. The number of methoxy groups -OCH3 is 1. The number of ether oxygens (including phenoxy) is 2. The van der Waals surface area contributed by atoms with E-state index in [2.05, 4.69) is 12.2 Å². The molecular formula is C14H22ClNO2. The van der Waals surface area contributed by atoms with Gasteiger partial charge in [-0.15, -0.1) is 0 Å². The van der Waals surface area contributed by atoms with Gasteiger partial charge in [-0.1, -0.05) is 29.8 Å². The molecule has 1 N–H and O–H groups in total. The van der Waals surface area contributed by atoms with Crippen LogP contribution in [0.15, 0.2) is 24.3 Å². The van der Waals surface area contributed by atoms with Crippen LogP contribution >= 0.6 is 11.6 Å². The molecule has 1 rings (SSSR count). The van der Waals surface area contributed by atoms with E-state index in [4.69, 9.17) is 21.1 Å². The Hall–Kier alpha value is -0.610. The minimum absolute atomic E-state index is 0.170. The third kappa shape index (κ3) is 6.36. The molecule has 1 aromatic rings. The van der Waals surface area contributed by atoms with E-state index in [0.717, 1.165) is 36.7 Å². The Labute approximate surface area is 114 Å². The van der Waals surface area contributed by atoms with Crippen molar-refractivity contribution in [2.75, 3.05) is 26.8 Å². The molecule has 0 aliphatic heterocycles. The molecule has 0 saturated heterocycles. The second-order valence-electron chi connectivity index (χ2n) is 4.26. The molecule has 1 unspecified atom stereocenters. The lowest BCUT2D eigenvalue weighted by Crippen LogP contribution is -2.28. The molecular weight excluding hydrogens is 250 g/mol. The molecule has 0 spiro atoms. The monoisotopic (exact) mass is 271 g/mol. The first-order chi connectivity index (χ1) is 8.74. The second kappa shape index (κ2) is 9.34. The van der Waals surface area contributed by atoms with Crippen LogP contribution in [0.4, 0.5) is 0 Å². The highest BCUT2D eigenvalue weighted by Gasteiger charge is 2.04. The number of rotatable bonds is 9. The van der Waals surface area contributed by atoms with E-state index in [1.165, 1.54) is 0 Å². The predicted molar refractivity (Wildman–Crippen MR) is 75.1 cm³/mol. The standard InChI is InChI=1S/C14H22ClNO2/c1-12(10-16-8-5-9-17-2)18-11-13-6-3-4-7-14(13)15/h3-4,6-7,12,16H,5,8-11H2,1-2H3. The van der Waals surface area contributed by atoms with Gasteiger partial charge in [0, 0.05) is 25.3 Å². The van der Waals surface area contributed by atoms with Gasteiger partial charge in [-0.3, -0.25) is 0 Å². The Kier molecular flexibility index (Phi) is 8.01. The third-order valence-electron chi connectivity index (χ3n) is 2.62. The van der Waals surface area contributed by atoms with Gasteiger partial charge >= 0.3 is 0 Å². The van der Waals surface area contributed by atoms with Crippen LogP contribution in [0, 0.1) is 0 Å². The minimum Gasteiger partial charge on any atom is -0.385 e. The lowest BCUT2D eigenvalue weighted by atomic mass is 10.2. The summed E-state index contributed by atoms with van der Waals surface area (Å²) in [6.45, 7) is 5.20. The van der Waals surface area contributed by atoms with Crippen LogP contribution in [0.5, 0.6) is 0 Å². The molecule has 0 fully saturated rings. The molecule has 0 amide bonds. The van der Waals surface area contributed by atoms with Crippen molar-refractivity contribution in [1.82, 2.24) is 5.32 Å². The van der Waals surface area contributed by atoms with Crippen molar-refractivity contribution in [3.63, 3.8) is 0 Å². The van der Waals surface area contributed by atoms with Crippen molar-refractivity contribution >= 4 is 11.6 Å². The summed E-state index contributed by atoms with van der Waals surface area (Å²) in [5, 5.41) is 4.09. The summed E-state index contributed by atoms with van der Waals surface area (Å²) >= 11 is 6.06. The van der Waals surface area contributed by atoms with Crippen molar-refractivity contribution in [3.05, 3.63) is 34.9 Å². The highest BCUT2D eigenvalue weighted by atomic mass is 35.5. The first-order valence-corrected chi connectivity index (χ1v) is 6.66. The van der Waals surface area contributed by atoms with Crippen LogP contribution in [0.1, 0.15) is 18.9 Å². The maximum Gasteiger partial charge on any atom is 0.0735 e. The Bertz CT molecular complexity index is 333. The molecule has 0 saturated carbocycles. The maximum absolute atomic E-state index is 6.06. The van der Waals surface area contributed by atoms with Crippen molar-refractivity contribution in [1.29, 1.82) is 0 Å². The van der Waals surface area contributed by atoms with Crippen molar-refractivity contribution < 1.29 is 9.47 Å². The summed E-state index contributed by atoms with van der Waals surface area (Å²) in [6.07, 6.45) is 1.19. The third-order valence-corrected chi connectivity index (χ3v) is 2.98. The van der Waals surface area contributed by atoms with Crippen LogP contribution in [-0.2, 0) is 16.1 Å². The first-order valence-electron chi connectivity index (χ1n) is 6.28. The van der Waals surface area contributed by atoms with Crippen LogP contribution < -0.4 is 5.32 Å². The number of nitrogens with one attached hydrogen (secondary N) is 1. The van der Waals surface area contributed by atoms with E-state index in [0.29, 0.717) is 6.61 Å². The molecule has 0 aliphatic carbocycles. The topological polar surface area (TPSA) is 30.5 Å². The zero-order valence-corrected chi connectivity index (χ0v) is 11.9. The summed E-state index contributed by atoms with van der Waals surface area (Å²) in [7, 11) is 1.72. The molecule has 102 valence electrons. The minimum atomic E-state index is 0.170. The van der Waals surface area contributed by atoms with Crippen LogP contribution in [0.2, 0.25) is 5.02 Å². The second-order valence-corrected chi connectivity index (χ2v) is 4.67. The van der Waals surface area contributed by atoms with Crippen LogP contribution in [0.3, 0.4) is 0 Å². The Morgan fingerprint density at radius 1 is 1.33 bits per heavy atom. The summed E-state index contributed by atoms with van der Waals surface area (Å²) in [6, 6.07) is 7.76. The number of hydrogen-bond acceptors (Lipinski definition) is 3. The molecule has 4 heteroatoms. The van der Waals surface area contributed by atoms with Crippen LogP contribution in [-0.4, -0.2) is 32.9 Å². The SMILES string of the molecule is COCCCNCC(C)OCc1ccccc1Cl. The maximum atomic E-state index is 6.06. The molecule has 0 bridgehead atoms. The van der Waals surface area contributed by atoms with E-state index in [1.54, 1.807) is 7.11 Å². The zero-order valence-electron chi connectivity index (χ0n) is 11.1. The lowest BCUT2D eigenvalue weighted by molar-refractivity contribution is 0.0530. The number of halogens is 1. The quantitative estimate of drug-likeness (QED) is 0.701. The first kappa shape index (κ1) is 15.4. The van der Waals surface area contributed by atoms with Gasteiger partial charge < -0.3 is 14.8 Å². The van der Waals surface area contributed by atoms with Gasteiger partial charge in [-0.2, -0.15) is 0 Å².